The van der Waals surface area contributed by atoms with Gasteiger partial charge in [-0.2, -0.15) is 0 Å². The predicted octanol–water partition coefficient (Wildman–Crippen LogP) is 9.84. The van der Waals surface area contributed by atoms with Crippen LogP contribution >= 0.6 is 0 Å². The second-order valence-corrected chi connectivity index (χ2v) is 10.9. The molecule has 1 heterocycles. The molecule has 1 saturated carbocycles. The van der Waals surface area contributed by atoms with Crippen molar-refractivity contribution in [3.63, 3.8) is 0 Å². The van der Waals surface area contributed by atoms with Gasteiger partial charge in [0.05, 0.1) is 6.61 Å². The third-order valence-electron chi connectivity index (χ3n) is 7.86. The monoisotopic (exact) mass is 498 g/mol. The van der Waals surface area contributed by atoms with Crippen molar-refractivity contribution in [1.29, 1.82) is 0 Å². The van der Waals surface area contributed by atoms with Crippen molar-refractivity contribution in [2.75, 3.05) is 6.61 Å². The molecule has 3 nitrogen and oxygen atoms in total. The summed E-state index contributed by atoms with van der Waals surface area (Å²) in [6.45, 7) is 3.07. The lowest BCUT2D eigenvalue weighted by Crippen LogP contribution is -1.98. The van der Waals surface area contributed by atoms with E-state index in [0.29, 0.717) is 0 Å². The van der Waals surface area contributed by atoms with Gasteiger partial charge < -0.3 is 4.74 Å². The lowest BCUT2D eigenvalue weighted by Gasteiger charge is -2.09. The molecule has 0 radical (unpaired) electrons. The van der Waals surface area contributed by atoms with E-state index in [-0.39, 0.29) is 0 Å². The maximum Gasteiger partial charge on any atom is 0.159 e. The second-order valence-electron chi connectivity index (χ2n) is 10.9. The first kappa shape index (κ1) is 27.4. The van der Waals surface area contributed by atoms with Crippen molar-refractivity contribution in [1.82, 2.24) is 9.97 Å². The van der Waals surface area contributed by atoms with Crippen LogP contribution in [-0.4, -0.2) is 16.6 Å². The van der Waals surface area contributed by atoms with E-state index in [1.807, 2.05) is 12.4 Å². The molecule has 3 aromatic rings. The zero-order chi connectivity index (χ0) is 25.5. The smallest absolute Gasteiger partial charge is 0.159 e. The number of rotatable bonds is 16. The molecule has 0 unspecified atom stereocenters. The van der Waals surface area contributed by atoms with Crippen LogP contribution in [0.4, 0.5) is 0 Å². The Labute approximate surface area is 225 Å². The molecule has 0 spiro atoms. The summed E-state index contributed by atoms with van der Waals surface area (Å²) in [5, 5.41) is 0. The van der Waals surface area contributed by atoms with Crippen LogP contribution in [0.25, 0.3) is 22.5 Å². The number of hydrogen-bond acceptors (Lipinski definition) is 3. The highest BCUT2D eigenvalue weighted by Gasteiger charge is 2.13. The van der Waals surface area contributed by atoms with Gasteiger partial charge in [-0.15, -0.1) is 0 Å². The zero-order valence-electron chi connectivity index (χ0n) is 23.0. The summed E-state index contributed by atoms with van der Waals surface area (Å²) >= 11 is 0. The zero-order valence-corrected chi connectivity index (χ0v) is 23.0. The van der Waals surface area contributed by atoms with Gasteiger partial charge in [-0.25, -0.2) is 9.97 Å². The molecular formula is C34H46N2O. The number of aryl methyl sites for hydroxylation is 1. The number of aromatic nitrogens is 2. The van der Waals surface area contributed by atoms with E-state index in [1.165, 1.54) is 100 Å². The predicted molar refractivity (Wildman–Crippen MR) is 156 cm³/mol. The Kier molecular flexibility index (Phi) is 11.5. The summed E-state index contributed by atoms with van der Waals surface area (Å²) in [4.78, 5) is 9.24. The Balaban J connectivity index is 1.17. The number of ether oxygens (including phenoxy) is 1. The Morgan fingerprint density at radius 3 is 1.97 bits per heavy atom. The fourth-order valence-electron chi connectivity index (χ4n) is 5.50. The Morgan fingerprint density at radius 2 is 1.27 bits per heavy atom. The van der Waals surface area contributed by atoms with Crippen LogP contribution in [0.1, 0.15) is 102 Å². The lowest BCUT2D eigenvalue weighted by atomic mass is 9.99. The molecule has 198 valence electrons. The van der Waals surface area contributed by atoms with Crippen molar-refractivity contribution >= 4 is 0 Å². The average molecular weight is 499 g/mol. The highest BCUT2D eigenvalue weighted by atomic mass is 16.5. The number of hydrogen-bond donors (Lipinski definition) is 0. The van der Waals surface area contributed by atoms with Gasteiger partial charge in [0.15, 0.2) is 5.82 Å². The lowest BCUT2D eigenvalue weighted by molar-refractivity contribution is 0.303. The third-order valence-corrected chi connectivity index (χ3v) is 7.86. The van der Waals surface area contributed by atoms with Gasteiger partial charge in [-0.3, -0.25) is 0 Å². The molecular weight excluding hydrogens is 452 g/mol. The normalized spacial score (nSPS) is 13.8. The molecule has 3 heteroatoms. The van der Waals surface area contributed by atoms with Gasteiger partial charge in [-0.1, -0.05) is 120 Å². The van der Waals surface area contributed by atoms with Crippen molar-refractivity contribution in [3.05, 3.63) is 66.5 Å². The minimum absolute atomic E-state index is 0.795. The standard InChI is InChI=1S/C34H46N2O/c1-2-3-4-5-9-16-29-26-35-34(36-27-29)32-19-17-30(18-20-32)31-21-23-33(24-22-31)37-25-12-7-6-8-13-28-14-10-11-15-28/h17-24,26-28H,2-16,25H2,1H3. The number of unbranched alkanes of at least 4 members (excludes halogenated alkanes) is 7. The maximum atomic E-state index is 5.99. The molecule has 0 aliphatic heterocycles. The van der Waals surface area contributed by atoms with Crippen LogP contribution in [0.2, 0.25) is 0 Å². The Bertz CT molecular complexity index is 1010. The molecule has 1 aromatic heterocycles. The topological polar surface area (TPSA) is 35.0 Å². The van der Waals surface area contributed by atoms with Gasteiger partial charge in [0, 0.05) is 18.0 Å². The maximum absolute atomic E-state index is 5.99. The number of nitrogens with zero attached hydrogens (tertiary/aromatic N) is 2. The first-order chi connectivity index (χ1) is 18.3. The molecule has 37 heavy (non-hydrogen) atoms. The minimum Gasteiger partial charge on any atom is -0.494 e. The van der Waals surface area contributed by atoms with E-state index < -0.39 is 0 Å². The van der Waals surface area contributed by atoms with Gasteiger partial charge in [0.25, 0.3) is 0 Å². The molecule has 0 atom stereocenters. The first-order valence-electron chi connectivity index (χ1n) is 15.0. The van der Waals surface area contributed by atoms with Crippen molar-refractivity contribution < 1.29 is 4.74 Å². The third kappa shape index (κ3) is 9.29. The van der Waals surface area contributed by atoms with Crippen LogP contribution in [0.5, 0.6) is 5.75 Å². The highest BCUT2D eigenvalue weighted by molar-refractivity contribution is 5.68. The Hall–Kier alpha value is -2.68. The summed E-state index contributed by atoms with van der Waals surface area (Å²) in [6.07, 6.45) is 24.0. The van der Waals surface area contributed by atoms with E-state index >= 15 is 0 Å². The van der Waals surface area contributed by atoms with Gasteiger partial charge in [-0.05, 0) is 54.0 Å². The molecule has 1 fully saturated rings. The molecule has 1 aliphatic rings. The van der Waals surface area contributed by atoms with E-state index in [1.54, 1.807) is 0 Å². The molecule has 4 rings (SSSR count). The van der Waals surface area contributed by atoms with E-state index in [0.717, 1.165) is 42.5 Å². The summed E-state index contributed by atoms with van der Waals surface area (Å²) < 4.78 is 5.99. The van der Waals surface area contributed by atoms with Crippen LogP contribution in [0.3, 0.4) is 0 Å². The fourth-order valence-corrected chi connectivity index (χ4v) is 5.50. The molecule has 0 saturated heterocycles. The van der Waals surface area contributed by atoms with E-state index in [2.05, 4.69) is 65.4 Å². The SMILES string of the molecule is CCCCCCCc1cnc(-c2ccc(-c3ccc(OCCCCCCC4CCCC4)cc3)cc2)nc1. The second kappa shape index (κ2) is 15.5. The summed E-state index contributed by atoms with van der Waals surface area (Å²) in [6, 6.07) is 17.0. The average Bonchev–Trinajstić information content (AvgIpc) is 3.47. The molecule has 0 bridgehead atoms. The minimum atomic E-state index is 0.795. The van der Waals surface area contributed by atoms with Gasteiger partial charge in [0.1, 0.15) is 5.75 Å². The quantitative estimate of drug-likeness (QED) is 0.184. The van der Waals surface area contributed by atoms with Crippen LogP contribution in [0, 0.1) is 5.92 Å². The molecule has 0 N–H and O–H groups in total. The Morgan fingerprint density at radius 1 is 0.676 bits per heavy atom. The van der Waals surface area contributed by atoms with Crippen LogP contribution < -0.4 is 4.74 Å². The first-order valence-corrected chi connectivity index (χ1v) is 15.0. The van der Waals surface area contributed by atoms with Crippen molar-refractivity contribution in [3.8, 4) is 28.3 Å². The van der Waals surface area contributed by atoms with Crippen molar-refractivity contribution in [2.24, 2.45) is 5.92 Å². The molecule has 2 aromatic carbocycles. The molecule has 0 amide bonds. The summed E-state index contributed by atoms with van der Waals surface area (Å²) in [5.74, 6) is 2.79. The fraction of sp³-hybridized carbons (Fsp3) is 0.529. The molecule has 1 aliphatic carbocycles. The highest BCUT2D eigenvalue weighted by Crippen LogP contribution is 2.29. The largest absolute Gasteiger partial charge is 0.494 e. The van der Waals surface area contributed by atoms with Gasteiger partial charge in [0.2, 0.25) is 0 Å². The van der Waals surface area contributed by atoms with Crippen LogP contribution in [-0.2, 0) is 6.42 Å². The van der Waals surface area contributed by atoms with Crippen LogP contribution in [0.15, 0.2) is 60.9 Å². The van der Waals surface area contributed by atoms with E-state index in [4.69, 9.17) is 4.74 Å². The van der Waals surface area contributed by atoms with E-state index in [9.17, 15) is 0 Å². The summed E-state index contributed by atoms with van der Waals surface area (Å²) in [5.41, 5.74) is 4.69. The number of benzene rings is 2. The van der Waals surface area contributed by atoms with Crippen molar-refractivity contribution in [2.45, 2.75) is 103 Å². The van der Waals surface area contributed by atoms with Gasteiger partial charge >= 0.3 is 0 Å². The summed E-state index contributed by atoms with van der Waals surface area (Å²) in [7, 11) is 0.